The third-order valence-electron chi connectivity index (χ3n) is 1.29. The van der Waals surface area contributed by atoms with E-state index in [0.29, 0.717) is 5.17 Å². The van der Waals surface area contributed by atoms with Crippen molar-refractivity contribution in [2.24, 2.45) is 5.10 Å². The van der Waals surface area contributed by atoms with Gasteiger partial charge in [-0.1, -0.05) is 18.7 Å². The van der Waals surface area contributed by atoms with Crippen LogP contribution in [0.5, 0.6) is 0 Å². The second-order valence-corrected chi connectivity index (χ2v) is 5.09. The van der Waals surface area contributed by atoms with Crippen LogP contribution in [0, 0.1) is 0 Å². The summed E-state index contributed by atoms with van der Waals surface area (Å²) in [4.78, 5) is 0. The maximum Gasteiger partial charge on any atom is 0.285 e. The molecule has 0 amide bonds. The Balaban J connectivity index is 2.50. The molecule has 3 N–H and O–H groups in total. The van der Waals surface area contributed by atoms with Crippen LogP contribution in [0.25, 0.3) is 0 Å². The molecular formula is C5H12N4O3S2. The largest absolute Gasteiger partial charge is 0.285 e. The molecule has 0 aliphatic carbocycles. The van der Waals surface area contributed by atoms with Gasteiger partial charge in [0, 0.05) is 5.75 Å². The van der Waals surface area contributed by atoms with E-state index in [2.05, 4.69) is 16.2 Å². The number of nitrogens with one attached hydrogen (secondary N) is 2. The second kappa shape index (κ2) is 4.82. The Morgan fingerprint density at radius 1 is 1.64 bits per heavy atom. The fraction of sp³-hybridized carbons (Fsp3) is 0.800. The first kappa shape index (κ1) is 11.6. The highest BCUT2D eigenvalue weighted by atomic mass is 32.2. The lowest BCUT2D eigenvalue weighted by Crippen LogP contribution is -2.43. The van der Waals surface area contributed by atoms with E-state index < -0.39 is 16.0 Å². The number of hydrazine groups is 2. The molecule has 0 aromatic rings. The van der Waals surface area contributed by atoms with Gasteiger partial charge in [0.2, 0.25) is 5.17 Å². The summed E-state index contributed by atoms with van der Waals surface area (Å²) >= 11 is 1.41. The Morgan fingerprint density at radius 3 is 2.93 bits per heavy atom. The molecule has 0 aromatic heterocycles. The maximum atomic E-state index is 10.6. The zero-order chi connectivity index (χ0) is 10.6. The summed E-state index contributed by atoms with van der Waals surface area (Å²) in [6, 6.07) is 0. The molecule has 0 fully saturated rings. The Hall–Kier alpha value is -0.510. The molecule has 7 nitrogen and oxygen atoms in total. The summed E-state index contributed by atoms with van der Waals surface area (Å²) in [5.74, 6) is 0.319. The zero-order valence-electron chi connectivity index (χ0n) is 7.60. The zero-order valence-corrected chi connectivity index (χ0v) is 9.23. The lowest BCUT2D eigenvalue weighted by Gasteiger charge is -2.15. The molecule has 0 saturated carbocycles. The third kappa shape index (κ3) is 3.70. The maximum absolute atomic E-state index is 10.6. The number of nitrogens with zero attached hydrogens (tertiary/aromatic N) is 2. The van der Waals surface area contributed by atoms with E-state index >= 15 is 0 Å². The van der Waals surface area contributed by atoms with Crippen LogP contribution in [0.1, 0.15) is 13.3 Å². The molecule has 0 radical (unpaired) electrons. The van der Waals surface area contributed by atoms with Gasteiger partial charge in [-0.2, -0.15) is 8.42 Å². The lowest BCUT2D eigenvalue weighted by atomic mass is 10.6. The van der Waals surface area contributed by atoms with Gasteiger partial charge >= 0.3 is 0 Å². The van der Waals surface area contributed by atoms with Gasteiger partial charge in [-0.25, -0.2) is 10.5 Å². The van der Waals surface area contributed by atoms with Crippen LogP contribution in [0.4, 0.5) is 0 Å². The molecule has 0 spiro atoms. The number of hydrogen-bond donors (Lipinski definition) is 3. The molecule has 14 heavy (non-hydrogen) atoms. The van der Waals surface area contributed by atoms with Crippen molar-refractivity contribution in [1.29, 1.82) is 0 Å². The minimum absolute atomic E-state index is 0.504. The van der Waals surface area contributed by atoms with E-state index in [0.717, 1.165) is 12.2 Å². The predicted octanol–water partition coefficient (Wildman–Crippen LogP) is -0.429. The fourth-order valence-electron chi connectivity index (χ4n) is 0.796. The SMILES string of the molecule is CCCSC1=NNNN1CS(=O)(=O)O. The molecule has 1 rings (SSSR count). The Bertz CT molecular complexity index is 315. The lowest BCUT2D eigenvalue weighted by molar-refractivity contribution is 0.323. The van der Waals surface area contributed by atoms with Gasteiger partial charge in [-0.15, -0.1) is 10.6 Å². The average Bonchev–Trinajstić information content (AvgIpc) is 2.45. The Labute approximate surface area is 86.6 Å². The van der Waals surface area contributed by atoms with Gasteiger partial charge in [0.05, 0.1) is 0 Å². The highest BCUT2D eigenvalue weighted by molar-refractivity contribution is 8.13. The molecule has 82 valence electrons. The van der Waals surface area contributed by atoms with Gasteiger partial charge < -0.3 is 0 Å². The van der Waals surface area contributed by atoms with Crippen molar-refractivity contribution in [2.75, 3.05) is 11.6 Å². The van der Waals surface area contributed by atoms with Gasteiger partial charge in [0.15, 0.2) is 5.88 Å². The van der Waals surface area contributed by atoms with Crippen LogP contribution in [0.3, 0.4) is 0 Å². The van der Waals surface area contributed by atoms with E-state index in [1.54, 1.807) is 0 Å². The van der Waals surface area contributed by atoms with Crippen LogP contribution < -0.4 is 11.1 Å². The van der Waals surface area contributed by atoms with E-state index in [1.807, 2.05) is 6.92 Å². The highest BCUT2D eigenvalue weighted by Gasteiger charge is 2.21. The molecule has 0 atom stereocenters. The van der Waals surface area contributed by atoms with Crippen molar-refractivity contribution in [3.63, 3.8) is 0 Å². The Morgan fingerprint density at radius 2 is 2.36 bits per heavy atom. The number of thioether (sulfide) groups is 1. The van der Waals surface area contributed by atoms with E-state index in [4.69, 9.17) is 4.55 Å². The highest BCUT2D eigenvalue weighted by Crippen LogP contribution is 2.11. The molecule has 0 unspecified atom stereocenters. The summed E-state index contributed by atoms with van der Waals surface area (Å²) < 4.78 is 29.8. The molecule has 9 heteroatoms. The summed E-state index contributed by atoms with van der Waals surface area (Å²) in [6.07, 6.45) is 0.962. The van der Waals surface area contributed by atoms with Crippen molar-refractivity contribution < 1.29 is 13.0 Å². The van der Waals surface area contributed by atoms with Crippen molar-refractivity contribution in [3.05, 3.63) is 0 Å². The van der Waals surface area contributed by atoms with Crippen molar-refractivity contribution >= 4 is 27.0 Å². The van der Waals surface area contributed by atoms with E-state index in [1.165, 1.54) is 16.8 Å². The number of hydrogen-bond acceptors (Lipinski definition) is 7. The van der Waals surface area contributed by atoms with Crippen LogP contribution in [-0.2, 0) is 10.1 Å². The van der Waals surface area contributed by atoms with Crippen LogP contribution in [0.15, 0.2) is 5.10 Å². The predicted molar refractivity (Wildman–Crippen MR) is 54.7 cm³/mol. The molecule has 0 aromatic carbocycles. The third-order valence-corrected chi connectivity index (χ3v) is 3.06. The quantitative estimate of drug-likeness (QED) is 0.574. The molecular weight excluding hydrogens is 228 g/mol. The van der Waals surface area contributed by atoms with Crippen LogP contribution in [-0.4, -0.2) is 34.8 Å². The van der Waals surface area contributed by atoms with E-state index in [-0.39, 0.29) is 0 Å². The first-order valence-corrected chi connectivity index (χ1v) is 6.56. The van der Waals surface area contributed by atoms with Crippen LogP contribution >= 0.6 is 11.8 Å². The number of amidine groups is 1. The van der Waals surface area contributed by atoms with Gasteiger partial charge in [0.1, 0.15) is 0 Å². The summed E-state index contributed by atoms with van der Waals surface area (Å²) in [7, 11) is -4.04. The van der Waals surface area contributed by atoms with Crippen molar-refractivity contribution in [2.45, 2.75) is 13.3 Å². The van der Waals surface area contributed by atoms with Gasteiger partial charge in [0.25, 0.3) is 10.1 Å². The summed E-state index contributed by atoms with van der Waals surface area (Å²) in [5.41, 5.74) is 4.91. The summed E-state index contributed by atoms with van der Waals surface area (Å²) in [5, 5.41) is 5.54. The minimum Gasteiger partial charge on any atom is -0.284 e. The van der Waals surface area contributed by atoms with Gasteiger partial charge in [-0.3, -0.25) is 4.55 Å². The topological polar surface area (TPSA) is 94.0 Å². The normalized spacial score (nSPS) is 16.7. The summed E-state index contributed by atoms with van der Waals surface area (Å²) in [6.45, 7) is 2.01. The van der Waals surface area contributed by atoms with Crippen LogP contribution in [0.2, 0.25) is 0 Å². The monoisotopic (exact) mass is 240 g/mol. The van der Waals surface area contributed by atoms with E-state index in [9.17, 15) is 8.42 Å². The first-order chi connectivity index (χ1) is 6.53. The van der Waals surface area contributed by atoms with Crippen molar-refractivity contribution in [1.82, 2.24) is 16.1 Å². The Kier molecular flexibility index (Phi) is 3.98. The number of hydrazone groups is 1. The molecule has 1 aliphatic rings. The smallest absolute Gasteiger partial charge is 0.284 e. The van der Waals surface area contributed by atoms with Crippen molar-refractivity contribution in [3.8, 4) is 0 Å². The molecule has 1 aliphatic heterocycles. The second-order valence-electron chi connectivity index (χ2n) is 2.61. The van der Waals surface area contributed by atoms with Gasteiger partial charge in [-0.05, 0) is 6.42 Å². The average molecular weight is 240 g/mol. The molecule has 0 saturated heterocycles. The number of rotatable bonds is 4. The first-order valence-electron chi connectivity index (χ1n) is 3.97. The molecule has 0 bridgehead atoms. The minimum atomic E-state index is -4.04. The standard InChI is InChI=1S/C5H12N4O3S2/c1-2-3-13-5-6-7-8-9(5)4-14(10,11)12/h7-8H,2-4H2,1H3,(H,10,11,12). The molecule has 1 heterocycles. The fourth-order valence-corrected chi connectivity index (χ4v) is 2.15.